The zero-order chi connectivity index (χ0) is 17.0. The SMILES string of the molecule is CCC(=O)Nc1cccc(C(=O)N2CC(C(=O)O)CCC2C)c1. The number of piperidine rings is 1. The number of rotatable bonds is 4. The van der Waals surface area contributed by atoms with Crippen LogP contribution in [-0.4, -0.2) is 40.4 Å². The number of carbonyl (C=O) groups excluding carboxylic acids is 2. The van der Waals surface area contributed by atoms with Crippen LogP contribution in [0.4, 0.5) is 5.69 Å². The summed E-state index contributed by atoms with van der Waals surface area (Å²) >= 11 is 0. The van der Waals surface area contributed by atoms with Gasteiger partial charge in [-0.15, -0.1) is 0 Å². The average Bonchev–Trinajstić information content (AvgIpc) is 2.54. The van der Waals surface area contributed by atoms with E-state index in [1.165, 1.54) is 0 Å². The number of nitrogens with one attached hydrogen (secondary N) is 1. The Morgan fingerprint density at radius 3 is 2.70 bits per heavy atom. The highest BCUT2D eigenvalue weighted by molar-refractivity contribution is 5.97. The molecule has 2 rings (SSSR count). The molecule has 0 bridgehead atoms. The van der Waals surface area contributed by atoms with Gasteiger partial charge in [-0.2, -0.15) is 0 Å². The van der Waals surface area contributed by atoms with E-state index in [2.05, 4.69) is 5.32 Å². The molecule has 2 unspecified atom stereocenters. The number of hydrogen-bond donors (Lipinski definition) is 2. The first kappa shape index (κ1) is 17.0. The third-order valence-electron chi connectivity index (χ3n) is 4.21. The molecule has 0 aliphatic carbocycles. The van der Waals surface area contributed by atoms with E-state index in [0.29, 0.717) is 30.5 Å². The molecule has 2 N–H and O–H groups in total. The largest absolute Gasteiger partial charge is 0.481 e. The van der Waals surface area contributed by atoms with Crippen LogP contribution in [-0.2, 0) is 9.59 Å². The van der Waals surface area contributed by atoms with Crippen molar-refractivity contribution in [3.8, 4) is 0 Å². The molecule has 0 spiro atoms. The maximum atomic E-state index is 12.7. The molecule has 2 atom stereocenters. The first-order valence-electron chi connectivity index (χ1n) is 7.86. The van der Waals surface area contributed by atoms with E-state index in [-0.39, 0.29) is 24.4 Å². The van der Waals surface area contributed by atoms with E-state index in [4.69, 9.17) is 0 Å². The summed E-state index contributed by atoms with van der Waals surface area (Å²) in [6, 6.07) is 6.76. The molecule has 0 aromatic heterocycles. The molecule has 2 amide bonds. The predicted molar refractivity (Wildman–Crippen MR) is 86.2 cm³/mol. The van der Waals surface area contributed by atoms with Crippen LogP contribution < -0.4 is 5.32 Å². The number of carboxylic acid groups (broad SMARTS) is 1. The first-order valence-corrected chi connectivity index (χ1v) is 7.86. The van der Waals surface area contributed by atoms with Crippen molar-refractivity contribution >= 4 is 23.5 Å². The van der Waals surface area contributed by atoms with Gasteiger partial charge in [0.25, 0.3) is 5.91 Å². The van der Waals surface area contributed by atoms with Crippen molar-refractivity contribution in [1.29, 1.82) is 0 Å². The number of hydrogen-bond acceptors (Lipinski definition) is 3. The minimum atomic E-state index is -0.862. The number of nitrogens with zero attached hydrogens (tertiary/aromatic N) is 1. The smallest absolute Gasteiger partial charge is 0.308 e. The van der Waals surface area contributed by atoms with Crippen LogP contribution in [0, 0.1) is 5.92 Å². The fourth-order valence-corrected chi connectivity index (χ4v) is 2.74. The Morgan fingerprint density at radius 2 is 2.04 bits per heavy atom. The Labute approximate surface area is 135 Å². The van der Waals surface area contributed by atoms with Crippen LogP contribution in [0.3, 0.4) is 0 Å². The highest BCUT2D eigenvalue weighted by atomic mass is 16.4. The zero-order valence-electron chi connectivity index (χ0n) is 13.4. The number of carboxylic acids is 1. The molecule has 1 aliphatic heterocycles. The molecule has 6 heteroatoms. The van der Waals surface area contributed by atoms with Crippen LogP contribution in [0.5, 0.6) is 0 Å². The molecule has 1 heterocycles. The van der Waals surface area contributed by atoms with Crippen LogP contribution >= 0.6 is 0 Å². The molecular formula is C17H22N2O4. The molecule has 0 saturated carbocycles. The fourth-order valence-electron chi connectivity index (χ4n) is 2.74. The summed E-state index contributed by atoms with van der Waals surface area (Å²) in [4.78, 5) is 37.0. The zero-order valence-corrected chi connectivity index (χ0v) is 13.4. The monoisotopic (exact) mass is 318 g/mol. The standard InChI is InChI=1S/C17H22N2O4/c1-3-15(20)18-14-6-4-5-12(9-14)16(21)19-10-13(17(22)23)8-7-11(19)2/h4-6,9,11,13H,3,7-8,10H2,1-2H3,(H,18,20)(H,22,23). The van der Waals surface area contributed by atoms with Crippen molar-refractivity contribution in [2.75, 3.05) is 11.9 Å². The van der Waals surface area contributed by atoms with E-state index < -0.39 is 11.9 Å². The summed E-state index contributed by atoms with van der Waals surface area (Å²) in [5.74, 6) is -1.69. The minimum Gasteiger partial charge on any atom is -0.481 e. The van der Waals surface area contributed by atoms with E-state index in [1.807, 2.05) is 6.92 Å². The van der Waals surface area contributed by atoms with Gasteiger partial charge in [0.2, 0.25) is 5.91 Å². The first-order chi connectivity index (χ1) is 10.9. The Bertz CT molecular complexity index is 614. The summed E-state index contributed by atoms with van der Waals surface area (Å²) in [5, 5.41) is 11.9. The van der Waals surface area contributed by atoms with Crippen LogP contribution in [0.15, 0.2) is 24.3 Å². The topological polar surface area (TPSA) is 86.7 Å². The lowest BCUT2D eigenvalue weighted by Gasteiger charge is -2.36. The van der Waals surface area contributed by atoms with Gasteiger partial charge in [-0.3, -0.25) is 14.4 Å². The molecule has 1 aromatic carbocycles. The maximum absolute atomic E-state index is 12.7. The van der Waals surface area contributed by atoms with Crippen LogP contribution in [0.2, 0.25) is 0 Å². The summed E-state index contributed by atoms with van der Waals surface area (Å²) in [5.41, 5.74) is 1.03. The molecule has 1 aromatic rings. The van der Waals surface area contributed by atoms with Crippen molar-refractivity contribution in [2.45, 2.75) is 39.2 Å². The normalized spacial score (nSPS) is 20.9. The van der Waals surface area contributed by atoms with Gasteiger partial charge in [0.05, 0.1) is 5.92 Å². The van der Waals surface area contributed by atoms with Crippen molar-refractivity contribution in [2.24, 2.45) is 5.92 Å². The second-order valence-corrected chi connectivity index (χ2v) is 5.90. The van der Waals surface area contributed by atoms with E-state index in [0.717, 1.165) is 0 Å². The Kier molecular flexibility index (Phi) is 5.36. The lowest BCUT2D eigenvalue weighted by molar-refractivity contribution is -0.143. The molecule has 1 aliphatic rings. The second-order valence-electron chi connectivity index (χ2n) is 5.90. The molecule has 6 nitrogen and oxygen atoms in total. The number of likely N-dealkylation sites (tertiary alicyclic amines) is 1. The van der Waals surface area contributed by atoms with Gasteiger partial charge >= 0.3 is 5.97 Å². The molecule has 0 radical (unpaired) electrons. The van der Waals surface area contributed by atoms with E-state index in [9.17, 15) is 19.5 Å². The Hall–Kier alpha value is -2.37. The van der Waals surface area contributed by atoms with Crippen molar-refractivity contribution in [1.82, 2.24) is 4.90 Å². The van der Waals surface area contributed by atoms with Gasteiger partial charge in [0, 0.05) is 30.3 Å². The Morgan fingerprint density at radius 1 is 1.30 bits per heavy atom. The van der Waals surface area contributed by atoms with Gasteiger partial charge < -0.3 is 15.3 Å². The number of amides is 2. The number of anilines is 1. The Balaban J connectivity index is 2.17. The quantitative estimate of drug-likeness (QED) is 0.892. The molecule has 23 heavy (non-hydrogen) atoms. The third-order valence-corrected chi connectivity index (χ3v) is 4.21. The van der Waals surface area contributed by atoms with Crippen LogP contribution in [0.25, 0.3) is 0 Å². The van der Waals surface area contributed by atoms with E-state index >= 15 is 0 Å². The summed E-state index contributed by atoms with van der Waals surface area (Å²) in [6.07, 6.45) is 1.63. The second kappa shape index (κ2) is 7.26. The summed E-state index contributed by atoms with van der Waals surface area (Å²) in [7, 11) is 0. The number of aliphatic carboxylic acids is 1. The van der Waals surface area contributed by atoms with Crippen molar-refractivity contribution in [3.05, 3.63) is 29.8 Å². The highest BCUT2D eigenvalue weighted by Crippen LogP contribution is 2.24. The van der Waals surface area contributed by atoms with Crippen molar-refractivity contribution < 1.29 is 19.5 Å². The predicted octanol–water partition coefficient (Wildman–Crippen LogP) is 2.36. The lowest BCUT2D eigenvalue weighted by Crippen LogP contribution is -2.47. The molecular weight excluding hydrogens is 296 g/mol. The van der Waals surface area contributed by atoms with Gasteiger partial charge in [-0.05, 0) is 38.0 Å². The van der Waals surface area contributed by atoms with E-state index in [1.54, 1.807) is 36.1 Å². The summed E-state index contributed by atoms with van der Waals surface area (Å²) in [6.45, 7) is 3.91. The number of carbonyl (C=O) groups is 3. The maximum Gasteiger partial charge on any atom is 0.308 e. The van der Waals surface area contributed by atoms with Gasteiger partial charge in [-0.1, -0.05) is 13.0 Å². The minimum absolute atomic E-state index is 0.00647. The summed E-state index contributed by atoms with van der Waals surface area (Å²) < 4.78 is 0. The van der Waals surface area contributed by atoms with Gasteiger partial charge in [-0.25, -0.2) is 0 Å². The van der Waals surface area contributed by atoms with Crippen LogP contribution in [0.1, 0.15) is 43.5 Å². The highest BCUT2D eigenvalue weighted by Gasteiger charge is 2.32. The molecule has 1 saturated heterocycles. The van der Waals surface area contributed by atoms with Crippen molar-refractivity contribution in [3.63, 3.8) is 0 Å². The fraction of sp³-hybridized carbons (Fsp3) is 0.471. The number of benzene rings is 1. The third kappa shape index (κ3) is 4.09. The lowest BCUT2D eigenvalue weighted by atomic mass is 9.93. The molecule has 124 valence electrons. The van der Waals surface area contributed by atoms with Gasteiger partial charge in [0.15, 0.2) is 0 Å². The van der Waals surface area contributed by atoms with Gasteiger partial charge in [0.1, 0.15) is 0 Å². The molecule has 1 fully saturated rings. The average molecular weight is 318 g/mol.